The van der Waals surface area contributed by atoms with Crippen LogP contribution in [-0.4, -0.2) is 50.0 Å². The number of nitrogens with zero attached hydrogens (tertiary/aromatic N) is 2. The fourth-order valence-corrected chi connectivity index (χ4v) is 6.08. The van der Waals surface area contributed by atoms with Crippen LogP contribution < -0.4 is 9.62 Å². The third-order valence-corrected chi connectivity index (χ3v) is 8.73. The van der Waals surface area contributed by atoms with E-state index in [0.717, 1.165) is 16.1 Å². The third-order valence-electron chi connectivity index (χ3n) is 6.00. The Labute approximate surface area is 265 Å². The number of benzene rings is 3. The fraction of sp³-hybridized carbons (Fsp3) is 0.286. The van der Waals surface area contributed by atoms with E-state index in [4.69, 9.17) is 58.0 Å². The minimum Gasteiger partial charge on any atom is -0.352 e. The zero-order valence-electron chi connectivity index (χ0n) is 22.4. The molecule has 13 heteroatoms. The zero-order valence-corrected chi connectivity index (χ0v) is 27.0. The summed E-state index contributed by atoms with van der Waals surface area (Å²) in [5, 5.41) is 3.70. The number of sulfonamides is 1. The fourth-order valence-electron chi connectivity index (χ4n) is 4.07. The summed E-state index contributed by atoms with van der Waals surface area (Å²) < 4.78 is 26.7. The van der Waals surface area contributed by atoms with Crippen LogP contribution in [-0.2, 0) is 32.6 Å². The maximum absolute atomic E-state index is 14.1. The highest BCUT2D eigenvalue weighted by atomic mass is 35.5. The lowest BCUT2D eigenvalue weighted by Gasteiger charge is -2.34. The highest BCUT2D eigenvalue weighted by Crippen LogP contribution is 2.36. The van der Waals surface area contributed by atoms with Gasteiger partial charge in [0.25, 0.3) is 0 Å². The predicted molar refractivity (Wildman–Crippen MR) is 168 cm³/mol. The molecule has 0 aliphatic rings. The normalized spacial score (nSPS) is 12.2. The molecule has 1 atom stereocenters. The van der Waals surface area contributed by atoms with E-state index >= 15 is 0 Å². The van der Waals surface area contributed by atoms with Gasteiger partial charge < -0.3 is 10.2 Å². The number of anilines is 1. The number of rotatable bonds is 11. The van der Waals surface area contributed by atoms with Crippen molar-refractivity contribution in [3.8, 4) is 0 Å². The molecular formula is C28H28Cl5N3O4S. The Hall–Kier alpha value is -2.20. The highest BCUT2D eigenvalue weighted by Gasteiger charge is 2.34. The summed E-state index contributed by atoms with van der Waals surface area (Å²) in [7, 11) is -4.05. The van der Waals surface area contributed by atoms with E-state index in [-0.39, 0.29) is 44.8 Å². The average Bonchev–Trinajstić information content (AvgIpc) is 2.87. The van der Waals surface area contributed by atoms with Gasteiger partial charge in [0.05, 0.1) is 27.0 Å². The summed E-state index contributed by atoms with van der Waals surface area (Å²) in [6.45, 7) is 2.82. The van der Waals surface area contributed by atoms with Crippen molar-refractivity contribution >= 4 is 85.5 Å². The summed E-state index contributed by atoms with van der Waals surface area (Å²) in [5.41, 5.74) is 1.27. The van der Waals surface area contributed by atoms with E-state index < -0.39 is 34.4 Å². The van der Waals surface area contributed by atoms with Crippen LogP contribution in [0.4, 0.5) is 5.69 Å². The van der Waals surface area contributed by atoms with Gasteiger partial charge in [0, 0.05) is 29.1 Å². The number of carbonyl (C=O) groups excluding carboxylic acids is 2. The van der Waals surface area contributed by atoms with Gasteiger partial charge in [-0.3, -0.25) is 13.9 Å². The second kappa shape index (κ2) is 14.3. The van der Waals surface area contributed by atoms with Crippen molar-refractivity contribution in [2.24, 2.45) is 0 Å². The lowest BCUT2D eigenvalue weighted by Crippen LogP contribution is -2.54. The Kier molecular flexibility index (Phi) is 11.6. The first-order chi connectivity index (χ1) is 19.2. The van der Waals surface area contributed by atoms with E-state index in [2.05, 4.69) is 5.32 Å². The van der Waals surface area contributed by atoms with Gasteiger partial charge in [0.1, 0.15) is 12.6 Å². The van der Waals surface area contributed by atoms with Crippen molar-refractivity contribution in [1.29, 1.82) is 0 Å². The van der Waals surface area contributed by atoms with Crippen molar-refractivity contribution in [3.63, 3.8) is 0 Å². The van der Waals surface area contributed by atoms with Crippen LogP contribution in [0.15, 0.2) is 60.7 Å². The van der Waals surface area contributed by atoms with Gasteiger partial charge >= 0.3 is 0 Å². The van der Waals surface area contributed by atoms with Gasteiger partial charge in [-0.15, -0.1) is 0 Å². The number of amides is 2. The van der Waals surface area contributed by atoms with Crippen molar-refractivity contribution in [1.82, 2.24) is 10.2 Å². The second-order valence-corrected chi connectivity index (χ2v) is 13.6. The van der Waals surface area contributed by atoms with Crippen molar-refractivity contribution < 1.29 is 18.0 Å². The summed E-state index contributed by atoms with van der Waals surface area (Å²) in [4.78, 5) is 29.0. The summed E-state index contributed by atoms with van der Waals surface area (Å²) in [6, 6.07) is 15.3. The van der Waals surface area contributed by atoms with Crippen LogP contribution in [0.3, 0.4) is 0 Å². The smallest absolute Gasteiger partial charge is 0.244 e. The largest absolute Gasteiger partial charge is 0.352 e. The molecule has 0 heterocycles. The van der Waals surface area contributed by atoms with Crippen molar-refractivity contribution in [2.75, 3.05) is 17.1 Å². The monoisotopic (exact) mass is 677 g/mol. The van der Waals surface area contributed by atoms with Crippen LogP contribution in [0.1, 0.15) is 25.0 Å². The molecular weight excluding hydrogens is 652 g/mol. The van der Waals surface area contributed by atoms with Crippen LogP contribution in [0.25, 0.3) is 0 Å². The first-order valence-electron chi connectivity index (χ1n) is 12.4. The molecule has 0 saturated heterocycles. The lowest BCUT2D eigenvalue weighted by atomic mass is 10.0. The zero-order chi connectivity index (χ0) is 30.5. The van der Waals surface area contributed by atoms with Crippen LogP contribution in [0.2, 0.25) is 25.1 Å². The predicted octanol–water partition coefficient (Wildman–Crippen LogP) is 6.88. The van der Waals surface area contributed by atoms with Crippen molar-refractivity contribution in [3.05, 3.63) is 96.9 Å². The van der Waals surface area contributed by atoms with Gasteiger partial charge in [-0.1, -0.05) is 94.4 Å². The standard InChI is InChI=1S/C28H28Cl5N3O4S/c1-17(2)34-28(38)26(11-18-7-5-4-6-8-18)35(15-19-9-10-20(29)12-21(19)30)27(37)16-36(41(3,39)40)25-14-23(32)22(31)13-24(25)33/h4-10,12-14,17,26H,11,15-16H2,1-3H3,(H,34,38). The van der Waals surface area contributed by atoms with Crippen LogP contribution in [0.5, 0.6) is 0 Å². The molecule has 41 heavy (non-hydrogen) atoms. The molecule has 0 aliphatic heterocycles. The summed E-state index contributed by atoms with van der Waals surface area (Å²) in [5.74, 6) is -1.09. The van der Waals surface area contributed by atoms with Gasteiger partial charge in [-0.05, 0) is 49.2 Å². The molecule has 0 fully saturated rings. The molecule has 220 valence electrons. The summed E-state index contributed by atoms with van der Waals surface area (Å²) in [6.07, 6.45) is 1.09. The number of hydrogen-bond acceptors (Lipinski definition) is 4. The minimum atomic E-state index is -4.05. The first kappa shape index (κ1) is 33.3. The molecule has 0 radical (unpaired) electrons. The van der Waals surface area contributed by atoms with Crippen molar-refractivity contribution in [2.45, 2.75) is 38.9 Å². The molecule has 0 saturated carbocycles. The average molecular weight is 680 g/mol. The Morgan fingerprint density at radius 1 is 0.854 bits per heavy atom. The van der Waals surface area contributed by atoms with E-state index in [1.807, 2.05) is 30.3 Å². The Morgan fingerprint density at radius 2 is 1.49 bits per heavy atom. The van der Waals surface area contributed by atoms with E-state index in [9.17, 15) is 18.0 Å². The maximum Gasteiger partial charge on any atom is 0.244 e. The quantitative estimate of drug-likeness (QED) is 0.224. The van der Waals surface area contributed by atoms with Gasteiger partial charge in [0.2, 0.25) is 21.8 Å². The summed E-state index contributed by atoms with van der Waals surface area (Å²) >= 11 is 31.1. The van der Waals surface area contributed by atoms with Crippen LogP contribution in [0, 0.1) is 0 Å². The molecule has 0 spiro atoms. The minimum absolute atomic E-state index is 0.0247. The molecule has 0 aliphatic carbocycles. The first-order valence-corrected chi connectivity index (χ1v) is 16.1. The van der Waals surface area contributed by atoms with Crippen LogP contribution >= 0.6 is 58.0 Å². The SMILES string of the molecule is CC(C)NC(=O)C(Cc1ccccc1)N(Cc1ccc(Cl)cc1Cl)C(=O)CN(c1cc(Cl)c(Cl)cc1Cl)S(C)(=O)=O. The third kappa shape index (κ3) is 9.14. The van der Waals surface area contributed by atoms with E-state index in [1.165, 1.54) is 23.1 Å². The molecule has 0 bridgehead atoms. The number of halogens is 5. The Morgan fingerprint density at radius 3 is 2.07 bits per heavy atom. The Balaban J connectivity index is 2.12. The molecule has 3 rings (SSSR count). The van der Waals surface area contributed by atoms with E-state index in [0.29, 0.717) is 10.6 Å². The van der Waals surface area contributed by atoms with E-state index in [1.54, 1.807) is 26.0 Å². The maximum atomic E-state index is 14.1. The Bertz CT molecular complexity index is 1520. The number of hydrogen-bond donors (Lipinski definition) is 1. The number of nitrogens with one attached hydrogen (secondary N) is 1. The van der Waals surface area contributed by atoms with Gasteiger partial charge in [-0.25, -0.2) is 8.42 Å². The van der Waals surface area contributed by atoms with Gasteiger partial charge in [-0.2, -0.15) is 0 Å². The lowest BCUT2D eigenvalue weighted by molar-refractivity contribution is -0.140. The molecule has 1 N–H and O–H groups in total. The molecule has 2 amide bonds. The highest BCUT2D eigenvalue weighted by molar-refractivity contribution is 7.92. The van der Waals surface area contributed by atoms with Gasteiger partial charge in [0.15, 0.2) is 0 Å². The topological polar surface area (TPSA) is 86.8 Å². The molecule has 3 aromatic rings. The molecule has 7 nitrogen and oxygen atoms in total. The second-order valence-electron chi connectivity index (χ2n) is 9.61. The number of carbonyl (C=O) groups is 2. The molecule has 1 unspecified atom stereocenters. The molecule has 3 aromatic carbocycles. The molecule has 0 aromatic heterocycles.